The smallest absolute Gasteiger partial charge is 0.268 e. The molecular formula is C23H22N4O6S2. The predicted molar refractivity (Wildman–Crippen MR) is 130 cm³/mol. The molecule has 0 unspecified atom stereocenters. The molecule has 0 atom stereocenters. The summed E-state index contributed by atoms with van der Waals surface area (Å²) in [7, 11) is -2.06. The first-order valence-electron chi connectivity index (χ1n) is 10.3. The van der Waals surface area contributed by atoms with E-state index < -0.39 is 15.7 Å². The Balaban J connectivity index is 1.60. The molecule has 0 saturated carbocycles. The third-order valence-corrected chi connectivity index (χ3v) is 6.87. The number of amides is 1. The Morgan fingerprint density at radius 1 is 1.11 bits per heavy atom. The number of nitriles is 1. The van der Waals surface area contributed by atoms with E-state index in [1.54, 1.807) is 18.2 Å². The largest absolute Gasteiger partial charge is 0.493 e. The Morgan fingerprint density at radius 3 is 2.51 bits per heavy atom. The van der Waals surface area contributed by atoms with Crippen molar-refractivity contribution in [2.75, 3.05) is 31.9 Å². The van der Waals surface area contributed by atoms with Crippen molar-refractivity contribution < 1.29 is 27.4 Å². The summed E-state index contributed by atoms with van der Waals surface area (Å²) in [5, 5.41) is 18.9. The lowest BCUT2D eigenvalue weighted by molar-refractivity contribution is -0.112. The van der Waals surface area contributed by atoms with Gasteiger partial charge in [-0.3, -0.25) is 10.1 Å². The van der Waals surface area contributed by atoms with Crippen LogP contribution in [0.4, 0.5) is 5.13 Å². The molecule has 3 rings (SSSR count). The quantitative estimate of drug-likeness (QED) is 0.176. The van der Waals surface area contributed by atoms with E-state index in [0.29, 0.717) is 48.0 Å². The van der Waals surface area contributed by atoms with Crippen LogP contribution in [-0.4, -0.2) is 51.1 Å². The maximum Gasteiger partial charge on any atom is 0.268 e. The number of ether oxygens (including phenoxy) is 3. The van der Waals surface area contributed by atoms with E-state index in [-0.39, 0.29) is 15.0 Å². The molecule has 3 aromatic rings. The Bertz CT molecular complexity index is 1350. The zero-order valence-electron chi connectivity index (χ0n) is 18.9. The molecule has 1 heterocycles. The molecule has 0 aliphatic heterocycles. The van der Waals surface area contributed by atoms with Gasteiger partial charge in [0.1, 0.15) is 17.4 Å². The van der Waals surface area contributed by atoms with Crippen molar-refractivity contribution in [3.05, 3.63) is 59.7 Å². The summed E-state index contributed by atoms with van der Waals surface area (Å²) in [5.74, 6) is 0.985. The molecule has 2 aromatic carbocycles. The van der Waals surface area contributed by atoms with E-state index in [1.807, 2.05) is 36.4 Å². The number of sulfone groups is 1. The lowest BCUT2D eigenvalue weighted by Crippen LogP contribution is -2.13. The normalized spacial score (nSPS) is 11.4. The van der Waals surface area contributed by atoms with Crippen LogP contribution in [0.2, 0.25) is 0 Å². The fourth-order valence-corrected chi connectivity index (χ4v) is 4.23. The average molecular weight is 515 g/mol. The van der Waals surface area contributed by atoms with E-state index in [4.69, 9.17) is 14.2 Å². The molecule has 1 N–H and O–H groups in total. The molecule has 12 heteroatoms. The van der Waals surface area contributed by atoms with E-state index in [0.717, 1.165) is 12.0 Å². The minimum Gasteiger partial charge on any atom is -0.493 e. The molecule has 0 spiro atoms. The van der Waals surface area contributed by atoms with Crippen molar-refractivity contribution in [2.45, 2.75) is 10.8 Å². The van der Waals surface area contributed by atoms with Crippen molar-refractivity contribution in [1.82, 2.24) is 10.2 Å². The van der Waals surface area contributed by atoms with Crippen LogP contribution < -0.4 is 19.5 Å². The minimum atomic E-state index is -3.55. The number of anilines is 1. The second-order valence-corrected chi connectivity index (χ2v) is 10.2. The van der Waals surface area contributed by atoms with Gasteiger partial charge in [-0.05, 0) is 35.9 Å². The number of hydrogen-bond acceptors (Lipinski definition) is 10. The number of aromatic nitrogens is 2. The van der Waals surface area contributed by atoms with Crippen molar-refractivity contribution in [3.8, 4) is 23.3 Å². The van der Waals surface area contributed by atoms with Gasteiger partial charge in [0.15, 0.2) is 11.5 Å². The monoisotopic (exact) mass is 514 g/mol. The molecule has 0 aliphatic rings. The average Bonchev–Trinajstić information content (AvgIpc) is 3.32. The summed E-state index contributed by atoms with van der Waals surface area (Å²) in [5.41, 5.74) is 0.317. The zero-order valence-corrected chi connectivity index (χ0v) is 20.6. The second kappa shape index (κ2) is 12.0. The highest BCUT2D eigenvalue weighted by atomic mass is 32.2. The van der Waals surface area contributed by atoms with Crippen molar-refractivity contribution in [1.29, 1.82) is 5.26 Å². The van der Waals surface area contributed by atoms with Crippen LogP contribution in [0, 0.1) is 11.3 Å². The number of para-hydroxylation sites is 1. The number of nitrogens with one attached hydrogen (secondary N) is 1. The van der Waals surface area contributed by atoms with Crippen LogP contribution in [0.15, 0.2) is 58.4 Å². The minimum absolute atomic E-state index is 0.0332. The van der Waals surface area contributed by atoms with Crippen LogP contribution in [0.3, 0.4) is 0 Å². The van der Waals surface area contributed by atoms with Crippen LogP contribution in [0.25, 0.3) is 6.08 Å². The van der Waals surface area contributed by atoms with E-state index in [1.165, 1.54) is 13.2 Å². The van der Waals surface area contributed by atoms with E-state index >= 15 is 0 Å². The molecule has 0 aliphatic carbocycles. The van der Waals surface area contributed by atoms with Gasteiger partial charge in [0.05, 0.1) is 20.3 Å². The first-order chi connectivity index (χ1) is 16.8. The highest BCUT2D eigenvalue weighted by Crippen LogP contribution is 2.29. The highest BCUT2D eigenvalue weighted by molar-refractivity contribution is 7.92. The van der Waals surface area contributed by atoms with Crippen LogP contribution >= 0.6 is 11.3 Å². The number of hydrogen-bond donors (Lipinski definition) is 1. The number of carbonyl (C=O) groups excluding carboxylic acids is 1. The summed E-state index contributed by atoms with van der Waals surface area (Å²) in [6.45, 7) is 0.898. The van der Waals surface area contributed by atoms with Crippen LogP contribution in [0.5, 0.6) is 17.2 Å². The number of carbonyl (C=O) groups is 1. The first kappa shape index (κ1) is 25.7. The third kappa shape index (κ3) is 7.53. The molecule has 1 amide bonds. The second-order valence-electron chi connectivity index (χ2n) is 7.04. The Kier molecular flexibility index (Phi) is 8.77. The van der Waals surface area contributed by atoms with Gasteiger partial charge >= 0.3 is 0 Å². The molecule has 0 saturated heterocycles. The van der Waals surface area contributed by atoms with Gasteiger partial charge in [0.2, 0.25) is 19.3 Å². The first-order valence-corrected chi connectivity index (χ1v) is 13.0. The molecule has 0 radical (unpaired) electrons. The fourth-order valence-electron chi connectivity index (χ4n) is 2.73. The summed E-state index contributed by atoms with van der Waals surface area (Å²) >= 11 is 0.696. The van der Waals surface area contributed by atoms with Gasteiger partial charge in [-0.1, -0.05) is 35.6 Å². The lowest BCUT2D eigenvalue weighted by atomic mass is 10.1. The third-order valence-electron chi connectivity index (χ3n) is 4.37. The summed E-state index contributed by atoms with van der Waals surface area (Å²) in [4.78, 5) is 12.5. The number of rotatable bonds is 11. The molecule has 0 bridgehead atoms. The summed E-state index contributed by atoms with van der Waals surface area (Å²) < 4.78 is 39.6. The van der Waals surface area contributed by atoms with Crippen molar-refractivity contribution in [3.63, 3.8) is 0 Å². The fraction of sp³-hybridized carbons (Fsp3) is 0.217. The topological polar surface area (TPSA) is 140 Å². The highest BCUT2D eigenvalue weighted by Gasteiger charge is 2.17. The molecule has 35 heavy (non-hydrogen) atoms. The Morgan fingerprint density at radius 2 is 1.86 bits per heavy atom. The molecule has 0 fully saturated rings. The SMILES string of the molecule is COc1cc(/C=C(/C#N)C(=O)Nc2nnc(S(C)(=O)=O)s2)ccc1OCCCOc1ccccc1. The Hall–Kier alpha value is -3.95. The van der Waals surface area contributed by atoms with Gasteiger partial charge in [0, 0.05) is 12.7 Å². The standard InChI is InChI=1S/C23H22N4O6S2/c1-31-20-14-16(9-10-19(20)33-12-6-11-32-18-7-4-3-5-8-18)13-17(15-24)21(28)25-22-26-27-23(34-22)35(2,29)30/h3-5,7-10,13-14H,6,11-12H2,1-2H3,(H,25,26,28)/b17-13-. The molecule has 10 nitrogen and oxygen atoms in total. The van der Waals surface area contributed by atoms with Gasteiger partial charge < -0.3 is 14.2 Å². The van der Waals surface area contributed by atoms with Gasteiger partial charge in [0.25, 0.3) is 5.91 Å². The predicted octanol–water partition coefficient (Wildman–Crippen LogP) is 3.34. The lowest BCUT2D eigenvalue weighted by Gasteiger charge is -2.12. The van der Waals surface area contributed by atoms with Gasteiger partial charge in [-0.25, -0.2) is 8.42 Å². The summed E-state index contributed by atoms with van der Waals surface area (Å²) in [6.07, 6.45) is 3.01. The van der Waals surface area contributed by atoms with Crippen molar-refractivity contribution >= 4 is 38.3 Å². The molecular weight excluding hydrogens is 492 g/mol. The Labute approximate surface area is 206 Å². The maximum atomic E-state index is 12.5. The number of nitrogens with zero attached hydrogens (tertiary/aromatic N) is 3. The van der Waals surface area contributed by atoms with Gasteiger partial charge in [-0.15, -0.1) is 10.2 Å². The molecule has 182 valence electrons. The van der Waals surface area contributed by atoms with Gasteiger partial charge in [-0.2, -0.15) is 5.26 Å². The van der Waals surface area contributed by atoms with Crippen LogP contribution in [-0.2, 0) is 14.6 Å². The van der Waals surface area contributed by atoms with E-state index in [2.05, 4.69) is 15.5 Å². The van der Waals surface area contributed by atoms with E-state index in [9.17, 15) is 18.5 Å². The molecule has 1 aromatic heterocycles. The number of benzene rings is 2. The zero-order chi connectivity index (χ0) is 25.3. The van der Waals surface area contributed by atoms with Crippen LogP contribution in [0.1, 0.15) is 12.0 Å². The number of methoxy groups -OCH3 is 1. The van der Waals surface area contributed by atoms with Crippen molar-refractivity contribution in [2.24, 2.45) is 0 Å². The summed E-state index contributed by atoms with van der Waals surface area (Å²) in [6, 6.07) is 16.3. The maximum absolute atomic E-state index is 12.5.